The van der Waals surface area contributed by atoms with Gasteiger partial charge in [0.25, 0.3) is 0 Å². The van der Waals surface area contributed by atoms with Crippen LogP contribution in [0.2, 0.25) is 0 Å². The largest absolute Gasteiger partial charge is 1.00 e. The van der Waals surface area contributed by atoms with Crippen LogP contribution in [0.3, 0.4) is 0 Å². The average molecular weight is 213 g/mol. The van der Waals surface area contributed by atoms with Crippen LogP contribution in [0.15, 0.2) is 30.6 Å². The zero-order valence-electron chi connectivity index (χ0n) is 8.56. The Morgan fingerprint density at radius 2 is 1.64 bits per heavy atom. The zero-order valence-corrected chi connectivity index (χ0v) is 9.32. The quantitative estimate of drug-likeness (QED) is 0.506. The van der Waals surface area contributed by atoms with Gasteiger partial charge in [-0.15, -0.1) is 0 Å². The van der Waals surface area contributed by atoms with Crippen molar-refractivity contribution in [3.63, 3.8) is 0 Å². The number of aromatic nitrogens is 1. The summed E-state index contributed by atoms with van der Waals surface area (Å²) >= 11 is 0. The van der Waals surface area contributed by atoms with Gasteiger partial charge in [0.05, 0.1) is 13.1 Å². The van der Waals surface area contributed by atoms with Crippen molar-refractivity contribution < 1.29 is 17.1 Å². The Balaban J connectivity index is 0.000000980. The summed E-state index contributed by atoms with van der Waals surface area (Å²) in [4.78, 5) is 0. The minimum absolute atomic E-state index is 0. The highest BCUT2D eigenvalue weighted by atomic mass is 35.5. The molecule has 1 aromatic heterocycles. The summed E-state index contributed by atoms with van der Waals surface area (Å²) < 4.78 is 2.20. The number of piperidine rings is 1. The van der Waals surface area contributed by atoms with Crippen molar-refractivity contribution in [3.05, 3.63) is 30.6 Å². The summed E-state index contributed by atoms with van der Waals surface area (Å²) in [7, 11) is 0. The predicted molar refractivity (Wildman–Crippen MR) is 53.0 cm³/mol. The van der Waals surface area contributed by atoms with Gasteiger partial charge in [-0.2, -0.15) is 5.01 Å². The van der Waals surface area contributed by atoms with E-state index in [1.807, 2.05) is 0 Å². The van der Waals surface area contributed by atoms with Gasteiger partial charge in [0.2, 0.25) is 0 Å². The fourth-order valence-electron chi connectivity index (χ4n) is 1.80. The van der Waals surface area contributed by atoms with Crippen LogP contribution in [-0.4, -0.2) is 13.1 Å². The van der Waals surface area contributed by atoms with Gasteiger partial charge in [-0.3, -0.25) is 0 Å². The van der Waals surface area contributed by atoms with E-state index in [4.69, 9.17) is 0 Å². The van der Waals surface area contributed by atoms with Gasteiger partial charge >= 0.3 is 0 Å². The van der Waals surface area contributed by atoms with Gasteiger partial charge in [-0.25, -0.2) is 0 Å². The van der Waals surface area contributed by atoms with E-state index in [-0.39, 0.29) is 12.4 Å². The Morgan fingerprint density at radius 1 is 1.07 bits per heavy atom. The molecular formula is C11H17ClN2. The highest BCUT2D eigenvalue weighted by Crippen LogP contribution is 2.12. The molecule has 1 saturated heterocycles. The van der Waals surface area contributed by atoms with Crippen molar-refractivity contribution in [3.8, 4) is 0 Å². The number of hydrogen-bond acceptors (Lipinski definition) is 1. The molecule has 1 fully saturated rings. The lowest BCUT2D eigenvalue weighted by molar-refractivity contribution is -0.694. The maximum Gasteiger partial charge on any atom is 0.199 e. The molecule has 0 aromatic carbocycles. The van der Waals surface area contributed by atoms with Crippen LogP contribution in [0.4, 0.5) is 0 Å². The number of halogens is 1. The van der Waals surface area contributed by atoms with Gasteiger partial charge < -0.3 is 12.4 Å². The number of pyridine rings is 1. The molecule has 2 heterocycles. The van der Waals surface area contributed by atoms with Crippen LogP contribution in [0, 0.1) is 5.92 Å². The van der Waals surface area contributed by atoms with Gasteiger partial charge in [0, 0.05) is 12.1 Å². The Kier molecular flexibility index (Phi) is 4.21. The van der Waals surface area contributed by atoms with E-state index in [0.29, 0.717) is 0 Å². The molecule has 2 rings (SSSR count). The minimum Gasteiger partial charge on any atom is -1.00 e. The molecule has 0 bridgehead atoms. The Bertz CT molecular complexity index is 255. The molecule has 78 valence electrons. The summed E-state index contributed by atoms with van der Waals surface area (Å²) in [5, 5.41) is 2.40. The first-order valence-corrected chi connectivity index (χ1v) is 5.08. The fraction of sp³-hybridized carbons (Fsp3) is 0.545. The first-order valence-electron chi connectivity index (χ1n) is 5.08. The molecule has 0 saturated carbocycles. The van der Waals surface area contributed by atoms with Crippen LogP contribution in [0.25, 0.3) is 0 Å². The molecule has 0 radical (unpaired) electrons. The van der Waals surface area contributed by atoms with Crippen molar-refractivity contribution in [1.82, 2.24) is 0 Å². The zero-order chi connectivity index (χ0) is 9.10. The number of rotatable bonds is 1. The molecule has 0 N–H and O–H groups in total. The monoisotopic (exact) mass is 212 g/mol. The van der Waals surface area contributed by atoms with Crippen LogP contribution in [0.5, 0.6) is 0 Å². The summed E-state index contributed by atoms with van der Waals surface area (Å²) in [6.07, 6.45) is 6.88. The second-order valence-electron chi connectivity index (χ2n) is 3.89. The SMILES string of the molecule is CC1CCN([n+]2ccccc2)CC1.[Cl-]. The molecular weight excluding hydrogens is 196 g/mol. The fourth-order valence-corrected chi connectivity index (χ4v) is 1.80. The van der Waals surface area contributed by atoms with Gasteiger partial charge in [0.15, 0.2) is 12.4 Å². The van der Waals surface area contributed by atoms with E-state index in [0.717, 1.165) is 5.92 Å². The Labute approximate surface area is 91.9 Å². The van der Waals surface area contributed by atoms with Gasteiger partial charge in [-0.05, 0) is 18.8 Å². The molecule has 1 aliphatic rings. The second-order valence-corrected chi connectivity index (χ2v) is 3.89. The molecule has 0 aliphatic carbocycles. The standard InChI is InChI=1S/C11H17N2.ClH/c1-11-5-9-13(10-6-11)12-7-3-2-4-8-12;/h2-4,7-8,11H,5-6,9-10H2,1H3;1H/q+1;/p-1. The van der Waals surface area contributed by atoms with Crippen molar-refractivity contribution in [2.24, 2.45) is 5.92 Å². The van der Waals surface area contributed by atoms with E-state index in [1.165, 1.54) is 25.9 Å². The van der Waals surface area contributed by atoms with E-state index in [2.05, 4.69) is 47.2 Å². The first-order chi connectivity index (χ1) is 6.36. The van der Waals surface area contributed by atoms with Crippen LogP contribution in [-0.2, 0) is 0 Å². The van der Waals surface area contributed by atoms with Crippen molar-refractivity contribution in [1.29, 1.82) is 0 Å². The number of hydrogen-bond donors (Lipinski definition) is 0. The van der Waals surface area contributed by atoms with E-state index in [9.17, 15) is 0 Å². The Morgan fingerprint density at radius 3 is 2.21 bits per heavy atom. The van der Waals surface area contributed by atoms with Crippen LogP contribution >= 0.6 is 0 Å². The highest BCUT2D eigenvalue weighted by molar-refractivity contribution is 4.86. The van der Waals surface area contributed by atoms with Gasteiger partial charge in [0.1, 0.15) is 0 Å². The molecule has 1 aliphatic heterocycles. The third kappa shape index (κ3) is 2.61. The number of nitrogens with zero attached hydrogens (tertiary/aromatic N) is 2. The molecule has 0 spiro atoms. The van der Waals surface area contributed by atoms with Crippen molar-refractivity contribution >= 4 is 0 Å². The third-order valence-electron chi connectivity index (χ3n) is 2.79. The van der Waals surface area contributed by atoms with Gasteiger partial charge in [-0.1, -0.05) is 17.7 Å². The summed E-state index contributed by atoms with van der Waals surface area (Å²) in [6, 6.07) is 6.22. The molecule has 0 atom stereocenters. The maximum atomic E-state index is 2.40. The smallest absolute Gasteiger partial charge is 0.199 e. The van der Waals surface area contributed by atoms with Crippen LogP contribution in [0.1, 0.15) is 19.8 Å². The van der Waals surface area contributed by atoms with E-state index >= 15 is 0 Å². The Hall–Kier alpha value is -0.760. The van der Waals surface area contributed by atoms with E-state index in [1.54, 1.807) is 0 Å². The first kappa shape index (κ1) is 11.3. The second kappa shape index (κ2) is 5.20. The molecule has 1 aromatic rings. The molecule has 0 unspecified atom stereocenters. The van der Waals surface area contributed by atoms with Crippen LogP contribution < -0.4 is 22.1 Å². The summed E-state index contributed by atoms with van der Waals surface area (Å²) in [5.41, 5.74) is 0. The third-order valence-corrected chi connectivity index (χ3v) is 2.79. The maximum absolute atomic E-state index is 2.40. The van der Waals surface area contributed by atoms with Crippen molar-refractivity contribution in [2.75, 3.05) is 18.1 Å². The van der Waals surface area contributed by atoms with E-state index < -0.39 is 0 Å². The molecule has 0 amide bonds. The topological polar surface area (TPSA) is 7.12 Å². The predicted octanol–water partition coefficient (Wildman–Crippen LogP) is -1.65. The normalized spacial score (nSPS) is 17.6. The van der Waals surface area contributed by atoms with Crippen molar-refractivity contribution in [2.45, 2.75) is 19.8 Å². The summed E-state index contributed by atoms with van der Waals surface area (Å²) in [6.45, 7) is 4.72. The lowest BCUT2D eigenvalue weighted by Crippen LogP contribution is -3.00. The summed E-state index contributed by atoms with van der Waals surface area (Å²) in [5.74, 6) is 0.903. The lowest BCUT2D eigenvalue weighted by Gasteiger charge is -2.25. The highest BCUT2D eigenvalue weighted by Gasteiger charge is 2.19. The molecule has 14 heavy (non-hydrogen) atoms. The molecule has 3 heteroatoms. The average Bonchev–Trinajstić information content (AvgIpc) is 2.20. The lowest BCUT2D eigenvalue weighted by atomic mass is 10.0. The molecule has 2 nitrogen and oxygen atoms in total. The minimum atomic E-state index is 0.